The lowest BCUT2D eigenvalue weighted by molar-refractivity contribution is -0.287. The normalized spacial score (nSPS) is 24.2. The molecule has 0 saturated carbocycles. The van der Waals surface area contributed by atoms with Crippen LogP contribution in [0.2, 0.25) is 0 Å². The number of hydrogen-bond donors (Lipinski definition) is 3. The molecule has 1 saturated heterocycles. The van der Waals surface area contributed by atoms with E-state index in [0.29, 0.717) is 10.9 Å². The van der Waals surface area contributed by atoms with Gasteiger partial charge in [0, 0.05) is 29.5 Å². The first-order valence-electron chi connectivity index (χ1n) is 8.87. The van der Waals surface area contributed by atoms with Gasteiger partial charge in [-0.2, -0.15) is 13.2 Å². The fraction of sp³-hybridized carbons (Fsp3) is 0.200. The number of nitrogens with zero attached hydrogens (tertiary/aromatic N) is 2. The van der Waals surface area contributed by atoms with Gasteiger partial charge in [-0.1, -0.05) is 12.1 Å². The highest BCUT2D eigenvalue weighted by atomic mass is 19.4. The molecule has 10 heteroatoms. The van der Waals surface area contributed by atoms with Gasteiger partial charge in [-0.25, -0.2) is 4.79 Å². The number of aromatic nitrogens is 2. The largest absolute Gasteiger partial charge is 0.437 e. The highest BCUT2D eigenvalue weighted by molar-refractivity contribution is 6.00. The molecule has 7 nitrogen and oxygen atoms in total. The molecule has 1 aliphatic rings. The minimum atomic E-state index is -5.32. The Morgan fingerprint density at radius 1 is 1.13 bits per heavy atom. The summed E-state index contributed by atoms with van der Waals surface area (Å²) in [6.45, 7) is 0. The molecule has 2 aromatic heterocycles. The predicted octanol–water partition coefficient (Wildman–Crippen LogP) is 2.73. The molecule has 0 aliphatic carbocycles. The van der Waals surface area contributed by atoms with Gasteiger partial charge in [0.1, 0.15) is 5.92 Å². The zero-order valence-electron chi connectivity index (χ0n) is 15.2. The van der Waals surface area contributed by atoms with Gasteiger partial charge in [0.2, 0.25) is 5.72 Å². The monoisotopic (exact) mass is 416 g/mol. The number of carbonyl (C=O) groups excluding carboxylic acids is 2. The Labute approximate surface area is 168 Å². The van der Waals surface area contributed by atoms with E-state index in [1.54, 1.807) is 24.4 Å². The summed E-state index contributed by atoms with van der Waals surface area (Å²) in [5.41, 5.74) is -3.11. The Kier molecular flexibility index (Phi) is 4.65. The van der Waals surface area contributed by atoms with Crippen LogP contribution in [0, 0.1) is 5.92 Å². The summed E-state index contributed by atoms with van der Waals surface area (Å²) in [5, 5.41) is 15.0. The molecule has 3 aromatic rings. The summed E-state index contributed by atoms with van der Waals surface area (Å²) in [6, 6.07) is 7.89. The van der Waals surface area contributed by atoms with Crippen LogP contribution in [0.5, 0.6) is 0 Å². The Morgan fingerprint density at radius 3 is 2.60 bits per heavy atom. The molecule has 0 unspecified atom stereocenters. The first-order chi connectivity index (χ1) is 14.2. The minimum Gasteiger partial charge on any atom is -0.363 e. The third kappa shape index (κ3) is 3.24. The average molecular weight is 416 g/mol. The molecule has 4 rings (SSSR count). The molecule has 1 aliphatic heterocycles. The van der Waals surface area contributed by atoms with Crippen molar-refractivity contribution in [3.8, 4) is 0 Å². The first-order valence-corrected chi connectivity index (χ1v) is 8.87. The van der Waals surface area contributed by atoms with Crippen molar-refractivity contribution in [1.29, 1.82) is 0 Å². The first kappa shape index (κ1) is 19.8. The van der Waals surface area contributed by atoms with Crippen LogP contribution < -0.4 is 10.6 Å². The van der Waals surface area contributed by atoms with Crippen molar-refractivity contribution in [2.24, 2.45) is 5.92 Å². The molecule has 1 aromatic carbocycles. The van der Waals surface area contributed by atoms with E-state index in [-0.39, 0.29) is 11.1 Å². The van der Waals surface area contributed by atoms with E-state index in [0.717, 1.165) is 6.20 Å². The molecule has 3 heterocycles. The molecule has 3 atom stereocenters. The Morgan fingerprint density at radius 2 is 1.90 bits per heavy atom. The minimum absolute atomic E-state index is 0.129. The van der Waals surface area contributed by atoms with Crippen LogP contribution in [-0.4, -0.2) is 38.8 Å². The summed E-state index contributed by atoms with van der Waals surface area (Å²) in [7, 11) is 0. The highest BCUT2D eigenvalue weighted by Crippen LogP contribution is 2.44. The fourth-order valence-corrected chi connectivity index (χ4v) is 3.59. The topological polar surface area (TPSA) is 104 Å². The van der Waals surface area contributed by atoms with E-state index >= 15 is 0 Å². The van der Waals surface area contributed by atoms with Crippen molar-refractivity contribution in [2.75, 3.05) is 0 Å². The number of fused-ring (bicyclic) bond motifs is 1. The van der Waals surface area contributed by atoms with Crippen LogP contribution >= 0.6 is 0 Å². The Bertz CT molecular complexity index is 1120. The van der Waals surface area contributed by atoms with Gasteiger partial charge in [0.15, 0.2) is 5.78 Å². The van der Waals surface area contributed by atoms with E-state index in [2.05, 4.69) is 15.3 Å². The second-order valence-electron chi connectivity index (χ2n) is 6.88. The fourth-order valence-electron chi connectivity index (χ4n) is 3.59. The maximum absolute atomic E-state index is 13.9. The van der Waals surface area contributed by atoms with E-state index < -0.39 is 35.7 Å². The summed E-state index contributed by atoms with van der Waals surface area (Å²) < 4.78 is 41.7. The standard InChI is InChI=1S/C20H15F3N4O3/c21-20(22,23)19(30)15(17(28)13-4-1-7-24-10-13)16(26-18(29)27-19)12-5-6-14-11(9-12)3-2-8-25-14/h1-10,15-16,30H,(H2,26,27,29)/t15-,16+,19+/m1/s1. The van der Waals surface area contributed by atoms with Crippen LogP contribution in [0.1, 0.15) is 22.0 Å². The highest BCUT2D eigenvalue weighted by Gasteiger charge is 2.66. The van der Waals surface area contributed by atoms with Gasteiger partial charge >= 0.3 is 12.2 Å². The van der Waals surface area contributed by atoms with Gasteiger partial charge in [0.25, 0.3) is 0 Å². The van der Waals surface area contributed by atoms with Crippen molar-refractivity contribution in [3.05, 3.63) is 72.2 Å². The molecule has 154 valence electrons. The van der Waals surface area contributed by atoms with E-state index in [1.165, 1.54) is 35.8 Å². The lowest BCUT2D eigenvalue weighted by Crippen LogP contribution is -2.72. The molecule has 0 spiro atoms. The van der Waals surface area contributed by atoms with Crippen LogP contribution in [0.4, 0.5) is 18.0 Å². The average Bonchev–Trinajstić information content (AvgIpc) is 2.72. The SMILES string of the molecule is O=C1N[C@@H](c2ccc3ncccc3c2)[C@H](C(=O)c2cccnc2)[C@](O)(C(F)(F)F)N1. The van der Waals surface area contributed by atoms with Gasteiger partial charge < -0.3 is 15.7 Å². The molecule has 2 amide bonds. The molecule has 0 bridgehead atoms. The number of amides is 2. The number of aliphatic hydroxyl groups is 1. The number of Topliss-reactive ketones (excluding diaryl/α,β-unsaturated/α-hetero) is 1. The quantitative estimate of drug-likeness (QED) is 0.570. The lowest BCUT2D eigenvalue weighted by atomic mass is 9.77. The second kappa shape index (κ2) is 7.06. The molecule has 30 heavy (non-hydrogen) atoms. The molecule has 3 N–H and O–H groups in total. The number of carbonyl (C=O) groups is 2. The summed E-state index contributed by atoms with van der Waals surface area (Å²) in [6.07, 6.45) is -1.28. The third-order valence-electron chi connectivity index (χ3n) is 5.02. The molecular formula is C20H15F3N4O3. The third-order valence-corrected chi connectivity index (χ3v) is 5.02. The van der Waals surface area contributed by atoms with Gasteiger partial charge in [0.05, 0.1) is 11.6 Å². The summed E-state index contributed by atoms with van der Waals surface area (Å²) in [5.74, 6) is -3.12. The van der Waals surface area contributed by atoms with Gasteiger partial charge in [-0.15, -0.1) is 0 Å². The van der Waals surface area contributed by atoms with E-state index in [4.69, 9.17) is 0 Å². The van der Waals surface area contributed by atoms with Crippen molar-refractivity contribution in [2.45, 2.75) is 17.9 Å². The zero-order chi connectivity index (χ0) is 21.5. The number of hydrogen-bond acceptors (Lipinski definition) is 5. The Hall–Kier alpha value is -3.53. The summed E-state index contributed by atoms with van der Waals surface area (Å²) >= 11 is 0. The summed E-state index contributed by atoms with van der Waals surface area (Å²) in [4.78, 5) is 33.1. The number of rotatable bonds is 3. The van der Waals surface area contributed by atoms with Crippen molar-refractivity contribution in [3.63, 3.8) is 0 Å². The van der Waals surface area contributed by atoms with Crippen molar-refractivity contribution >= 4 is 22.7 Å². The van der Waals surface area contributed by atoms with Crippen LogP contribution in [0.3, 0.4) is 0 Å². The molecule has 0 radical (unpaired) electrons. The van der Waals surface area contributed by atoms with Crippen molar-refractivity contribution < 1.29 is 27.9 Å². The zero-order valence-corrected chi connectivity index (χ0v) is 15.2. The number of nitrogens with one attached hydrogen (secondary N) is 2. The smallest absolute Gasteiger partial charge is 0.363 e. The second-order valence-corrected chi connectivity index (χ2v) is 6.88. The number of ketones is 1. The number of alkyl halides is 3. The maximum Gasteiger partial charge on any atom is 0.437 e. The van der Waals surface area contributed by atoms with Crippen LogP contribution in [0.25, 0.3) is 10.9 Å². The molecular weight excluding hydrogens is 401 g/mol. The van der Waals surface area contributed by atoms with Gasteiger partial charge in [-0.05, 0) is 35.9 Å². The van der Waals surface area contributed by atoms with Crippen molar-refractivity contribution in [1.82, 2.24) is 20.6 Å². The van der Waals surface area contributed by atoms with Gasteiger partial charge in [-0.3, -0.25) is 14.8 Å². The maximum atomic E-state index is 13.9. The molecule has 1 fully saturated rings. The number of urea groups is 1. The number of halogens is 3. The van der Waals surface area contributed by atoms with Crippen LogP contribution in [0.15, 0.2) is 61.1 Å². The lowest BCUT2D eigenvalue weighted by Gasteiger charge is -2.45. The number of benzene rings is 1. The number of pyridine rings is 2. The van der Waals surface area contributed by atoms with E-state index in [9.17, 15) is 27.9 Å². The van der Waals surface area contributed by atoms with Crippen LogP contribution in [-0.2, 0) is 0 Å². The predicted molar refractivity (Wildman–Crippen MR) is 99.2 cm³/mol. The Balaban J connectivity index is 1.88. The van der Waals surface area contributed by atoms with E-state index in [1.807, 2.05) is 0 Å².